The van der Waals surface area contributed by atoms with Crippen molar-refractivity contribution in [3.8, 4) is 5.69 Å². The number of rotatable bonds is 1. The maximum atomic E-state index is 14.3. The molecule has 21 heavy (non-hydrogen) atoms. The number of nitrogens with zero attached hydrogens (tertiary/aromatic N) is 1. The van der Waals surface area contributed by atoms with Gasteiger partial charge in [-0.15, -0.1) is 0 Å². The van der Waals surface area contributed by atoms with Crippen molar-refractivity contribution in [2.75, 3.05) is 0 Å². The first-order chi connectivity index (χ1) is 9.90. The maximum absolute atomic E-state index is 14.3. The van der Waals surface area contributed by atoms with Crippen LogP contribution in [0.3, 0.4) is 0 Å². The van der Waals surface area contributed by atoms with E-state index in [4.69, 9.17) is 23.8 Å². The summed E-state index contributed by atoms with van der Waals surface area (Å²) in [6, 6.07) is 4.88. The van der Waals surface area contributed by atoms with Gasteiger partial charge in [0.1, 0.15) is 17.3 Å². The minimum atomic E-state index is -0.787. The molecule has 0 bridgehead atoms. The van der Waals surface area contributed by atoms with E-state index in [1.165, 1.54) is 19.1 Å². The van der Waals surface area contributed by atoms with Crippen molar-refractivity contribution in [3.05, 3.63) is 57.1 Å². The van der Waals surface area contributed by atoms with Gasteiger partial charge in [0.25, 0.3) is 0 Å². The predicted octanol–water partition coefficient (Wildman–Crippen LogP) is 5.07. The number of aromatic nitrogens is 2. The molecule has 2 aromatic carbocycles. The molecule has 3 rings (SSSR count). The van der Waals surface area contributed by atoms with Crippen molar-refractivity contribution in [2.24, 2.45) is 0 Å². The summed E-state index contributed by atoms with van der Waals surface area (Å²) in [5, 5.41) is -0.101. The molecule has 0 aliphatic rings. The zero-order valence-electron chi connectivity index (χ0n) is 10.7. The maximum Gasteiger partial charge on any atom is 0.182 e. The second kappa shape index (κ2) is 4.89. The summed E-state index contributed by atoms with van der Waals surface area (Å²) >= 11 is 10.8. The van der Waals surface area contributed by atoms with Crippen molar-refractivity contribution in [1.29, 1.82) is 0 Å². The summed E-state index contributed by atoms with van der Waals surface area (Å²) in [5.74, 6) is -2.23. The van der Waals surface area contributed by atoms with E-state index >= 15 is 0 Å². The normalized spacial score (nSPS) is 11.3. The lowest BCUT2D eigenvalue weighted by atomic mass is 10.2. The standard InChI is InChI=1S/C14H8ClF3N2S/c1-6-2-3-8(16)13(12(6)18)20-11-5-9(17)7(15)4-10(11)19-14(20)21/h2-5H,1H3,(H,19,21). The van der Waals surface area contributed by atoms with E-state index in [0.29, 0.717) is 5.52 Å². The molecule has 0 spiro atoms. The number of benzene rings is 2. The van der Waals surface area contributed by atoms with E-state index < -0.39 is 17.5 Å². The number of hydrogen-bond acceptors (Lipinski definition) is 1. The van der Waals surface area contributed by atoms with Gasteiger partial charge < -0.3 is 4.98 Å². The molecule has 0 fully saturated rings. The molecule has 0 amide bonds. The van der Waals surface area contributed by atoms with Crippen LogP contribution in [0.2, 0.25) is 5.02 Å². The highest BCUT2D eigenvalue weighted by Gasteiger charge is 2.18. The van der Waals surface area contributed by atoms with E-state index in [1.807, 2.05) is 0 Å². The van der Waals surface area contributed by atoms with Crippen LogP contribution in [0.4, 0.5) is 13.2 Å². The van der Waals surface area contributed by atoms with Gasteiger partial charge in [0, 0.05) is 6.07 Å². The van der Waals surface area contributed by atoms with Gasteiger partial charge in [0.2, 0.25) is 0 Å². The second-order valence-corrected chi connectivity index (χ2v) is 5.37. The second-order valence-electron chi connectivity index (χ2n) is 4.58. The third-order valence-electron chi connectivity index (χ3n) is 3.21. The van der Waals surface area contributed by atoms with E-state index in [9.17, 15) is 13.2 Å². The SMILES string of the molecule is Cc1ccc(F)c(-n2c(=S)[nH]c3cc(Cl)c(F)cc32)c1F. The number of halogens is 4. The van der Waals surface area contributed by atoms with Crippen LogP contribution >= 0.6 is 23.8 Å². The number of H-pyrrole nitrogens is 1. The fourth-order valence-corrected chi connectivity index (χ4v) is 2.63. The molecule has 1 aromatic heterocycles. The van der Waals surface area contributed by atoms with Gasteiger partial charge in [-0.1, -0.05) is 17.7 Å². The first-order valence-corrected chi connectivity index (χ1v) is 6.73. The van der Waals surface area contributed by atoms with Crippen LogP contribution in [0.1, 0.15) is 5.56 Å². The molecule has 7 heteroatoms. The predicted molar refractivity (Wildman–Crippen MR) is 78.1 cm³/mol. The van der Waals surface area contributed by atoms with Crippen molar-refractivity contribution >= 4 is 34.9 Å². The third-order valence-corrected chi connectivity index (χ3v) is 3.78. The highest BCUT2D eigenvalue weighted by molar-refractivity contribution is 7.71. The molecule has 0 aliphatic heterocycles. The van der Waals surface area contributed by atoms with Gasteiger partial charge in [-0.05, 0) is 36.8 Å². The van der Waals surface area contributed by atoms with E-state index in [0.717, 1.165) is 16.7 Å². The molecule has 0 unspecified atom stereocenters. The van der Waals surface area contributed by atoms with Crippen LogP contribution in [0.5, 0.6) is 0 Å². The Morgan fingerprint density at radius 2 is 1.86 bits per heavy atom. The molecule has 1 N–H and O–H groups in total. The first-order valence-electron chi connectivity index (χ1n) is 5.95. The van der Waals surface area contributed by atoms with E-state index in [-0.39, 0.29) is 26.6 Å². The Kier molecular flexibility index (Phi) is 3.30. The van der Waals surface area contributed by atoms with Crippen molar-refractivity contribution in [1.82, 2.24) is 9.55 Å². The van der Waals surface area contributed by atoms with Gasteiger partial charge in [-0.3, -0.25) is 4.57 Å². The number of aryl methyl sites for hydroxylation is 1. The molecule has 2 nitrogen and oxygen atoms in total. The largest absolute Gasteiger partial charge is 0.330 e. The van der Waals surface area contributed by atoms with Gasteiger partial charge in [0.15, 0.2) is 10.6 Å². The Morgan fingerprint density at radius 1 is 1.14 bits per heavy atom. The zero-order chi connectivity index (χ0) is 15.3. The number of fused-ring (bicyclic) bond motifs is 1. The van der Waals surface area contributed by atoms with Gasteiger partial charge >= 0.3 is 0 Å². The van der Waals surface area contributed by atoms with Gasteiger partial charge in [-0.2, -0.15) is 0 Å². The van der Waals surface area contributed by atoms with Gasteiger partial charge in [-0.25, -0.2) is 13.2 Å². The molecule has 108 valence electrons. The topological polar surface area (TPSA) is 20.7 Å². The average Bonchev–Trinajstić information content (AvgIpc) is 2.72. The molecular formula is C14H8ClF3N2S. The average molecular weight is 329 g/mol. The third kappa shape index (κ3) is 2.15. The zero-order valence-corrected chi connectivity index (χ0v) is 12.2. The molecule has 0 aliphatic carbocycles. The Labute approximate surface area is 127 Å². The van der Waals surface area contributed by atoms with Crippen LogP contribution < -0.4 is 0 Å². The number of hydrogen-bond donors (Lipinski definition) is 1. The highest BCUT2D eigenvalue weighted by Crippen LogP contribution is 2.28. The smallest absolute Gasteiger partial charge is 0.182 e. The van der Waals surface area contributed by atoms with Crippen molar-refractivity contribution in [3.63, 3.8) is 0 Å². The number of imidazole rings is 1. The van der Waals surface area contributed by atoms with Crippen LogP contribution in [0.15, 0.2) is 24.3 Å². The molecule has 1 heterocycles. The lowest BCUT2D eigenvalue weighted by Gasteiger charge is -2.09. The minimum absolute atomic E-state index is 0.0510. The molecule has 0 atom stereocenters. The summed E-state index contributed by atoms with van der Waals surface area (Å²) in [4.78, 5) is 2.76. The van der Waals surface area contributed by atoms with Crippen LogP contribution in [-0.2, 0) is 0 Å². The summed E-state index contributed by atoms with van der Waals surface area (Å²) in [7, 11) is 0. The number of nitrogens with one attached hydrogen (secondary N) is 1. The van der Waals surface area contributed by atoms with Crippen molar-refractivity contribution in [2.45, 2.75) is 6.92 Å². The summed E-state index contributed by atoms with van der Waals surface area (Å²) in [5.41, 5.74) is 0.530. The fourth-order valence-electron chi connectivity index (χ4n) is 2.17. The van der Waals surface area contributed by atoms with Crippen LogP contribution in [-0.4, -0.2) is 9.55 Å². The van der Waals surface area contributed by atoms with E-state index in [2.05, 4.69) is 4.98 Å². The van der Waals surface area contributed by atoms with Crippen molar-refractivity contribution < 1.29 is 13.2 Å². The Bertz CT molecular complexity index is 930. The highest BCUT2D eigenvalue weighted by atomic mass is 35.5. The van der Waals surface area contributed by atoms with Crippen LogP contribution in [0.25, 0.3) is 16.7 Å². The molecule has 0 radical (unpaired) electrons. The lowest BCUT2D eigenvalue weighted by molar-refractivity contribution is 0.564. The quantitative estimate of drug-likeness (QED) is 0.619. The Balaban J connectivity index is 2.47. The molecular weight excluding hydrogens is 321 g/mol. The molecule has 0 saturated carbocycles. The van der Waals surface area contributed by atoms with Gasteiger partial charge in [0.05, 0.1) is 16.1 Å². The van der Waals surface area contributed by atoms with E-state index in [1.54, 1.807) is 0 Å². The summed E-state index contributed by atoms with van der Waals surface area (Å²) in [6.45, 7) is 1.51. The first kappa shape index (κ1) is 14.2. The fraction of sp³-hybridized carbons (Fsp3) is 0.0714. The number of aromatic amines is 1. The minimum Gasteiger partial charge on any atom is -0.330 e. The lowest BCUT2D eigenvalue weighted by Crippen LogP contribution is -2.03. The summed E-state index contributed by atoms with van der Waals surface area (Å²) < 4.78 is 43.1. The molecule has 3 aromatic rings. The van der Waals surface area contributed by atoms with Crippen LogP contribution in [0, 0.1) is 29.1 Å². The Morgan fingerprint density at radius 3 is 2.57 bits per heavy atom. The summed E-state index contributed by atoms with van der Waals surface area (Å²) in [6.07, 6.45) is 0. The molecule has 0 saturated heterocycles. The Hall–Kier alpha value is -1.79. The monoisotopic (exact) mass is 328 g/mol.